The summed E-state index contributed by atoms with van der Waals surface area (Å²) < 4.78 is 8.88. The average Bonchev–Trinajstić information content (AvgIpc) is 1.12. The summed E-state index contributed by atoms with van der Waals surface area (Å²) in [4.78, 5) is 50.9. The fraction of sp³-hybridized carbons (Fsp3) is 0. The van der Waals surface area contributed by atoms with Crippen LogP contribution in [0.3, 0.4) is 0 Å². The first kappa shape index (κ1) is 42.7. The van der Waals surface area contributed by atoms with Crippen molar-refractivity contribution >= 4 is 117 Å². The fourth-order valence-electron chi connectivity index (χ4n) is 0. The Balaban J connectivity index is -0.0000000128. The van der Waals surface area contributed by atoms with Crippen LogP contribution in [0, 0.1) is 0 Å². The van der Waals surface area contributed by atoms with E-state index >= 15 is 0 Å². The van der Waals surface area contributed by atoms with Gasteiger partial charge in [-0.05, 0) is 0 Å². The van der Waals surface area contributed by atoms with Crippen molar-refractivity contribution in [1.82, 2.24) is 0 Å². The zero-order valence-corrected chi connectivity index (χ0v) is 10.6. The van der Waals surface area contributed by atoms with Crippen molar-refractivity contribution in [2.75, 3.05) is 0 Å². The van der Waals surface area contributed by atoms with Crippen LogP contribution in [0.1, 0.15) is 0 Å². The summed E-state index contributed by atoms with van der Waals surface area (Å²) in [6.45, 7) is 0. The van der Waals surface area contributed by atoms with E-state index in [0.717, 1.165) is 0 Å². The van der Waals surface area contributed by atoms with Crippen molar-refractivity contribution in [2.24, 2.45) is 0 Å². The van der Waals surface area contributed by atoms with Crippen molar-refractivity contribution in [3.8, 4) is 0 Å². The van der Waals surface area contributed by atoms with Gasteiger partial charge in [0.15, 0.2) is 17.4 Å². The Kier molecular flexibility index (Phi) is 58.0. The van der Waals surface area contributed by atoms with Crippen LogP contribution >= 0.6 is 7.82 Å². The summed E-state index contributed by atoms with van der Waals surface area (Å²) >= 11 is 0. The molecule has 0 saturated heterocycles. The van der Waals surface area contributed by atoms with Crippen LogP contribution in [0.25, 0.3) is 0 Å². The zero-order chi connectivity index (χ0) is 9.00. The predicted octanol–water partition coefficient (Wildman–Crippen LogP) is -7.38. The Hall–Kier alpha value is 4.02. The molecule has 0 saturated carbocycles. The van der Waals surface area contributed by atoms with Gasteiger partial charge in [0.25, 0.3) is 0 Å². The van der Waals surface area contributed by atoms with Gasteiger partial charge in [-0.2, -0.15) is 0 Å². The monoisotopic (exact) mass is 438 g/mol. The number of phosphoric acid groups is 1. The molecule has 0 fully saturated rings. The summed E-state index contributed by atoms with van der Waals surface area (Å²) in [5, 5.41) is 0. The van der Waals surface area contributed by atoms with E-state index in [1.165, 1.54) is 0 Å². The van der Waals surface area contributed by atoms with Crippen LogP contribution in [0.2, 0.25) is 0 Å². The van der Waals surface area contributed by atoms with E-state index in [2.05, 4.69) is 0 Å². The summed E-state index contributed by atoms with van der Waals surface area (Å²) in [6, 6.07) is 0. The van der Waals surface area contributed by atoms with Crippen molar-refractivity contribution in [1.29, 1.82) is 0 Å². The fourth-order valence-corrected chi connectivity index (χ4v) is 0. The molecule has 0 heterocycles. The minimum Gasteiger partial charge on any atom is 0 e. The molecule has 15 heavy (non-hydrogen) atoms. The molecule has 0 radical (unpaired) electrons. The third-order valence-electron chi connectivity index (χ3n) is 0. The van der Waals surface area contributed by atoms with E-state index in [1.54, 1.807) is 0 Å². The Morgan fingerprint density at radius 3 is 0.933 bits per heavy atom. The van der Waals surface area contributed by atoms with Crippen LogP contribution in [0.5, 0.6) is 0 Å². The molecule has 0 rings (SSSR count). The van der Waals surface area contributed by atoms with Crippen molar-refractivity contribution in [2.45, 2.75) is 0 Å². The minimum absolute atomic E-state index is 0. The third-order valence-corrected chi connectivity index (χ3v) is 0. The van der Waals surface area contributed by atoms with Crippen LogP contribution in [0.4, 0.5) is 0 Å². The molecule has 9 nitrogen and oxygen atoms in total. The van der Waals surface area contributed by atoms with Gasteiger partial charge in [-0.15, -0.1) is 0 Å². The maximum atomic E-state index is 8.88. The number of rotatable bonds is 0. The third kappa shape index (κ3) is 286. The summed E-state index contributed by atoms with van der Waals surface area (Å²) in [5.74, 6) is 0. The second-order valence-corrected chi connectivity index (χ2v) is 3.34. The van der Waals surface area contributed by atoms with Crippen LogP contribution in [0.15, 0.2) is 0 Å². The normalized spacial score (nSPS) is 7.93. The molecule has 0 aromatic carbocycles. The summed E-state index contributed by atoms with van der Waals surface area (Å²) in [6.07, 6.45) is 0. The molecular weight excluding hydrogens is 423 g/mol. The second-order valence-electron chi connectivity index (χ2n) is 1.11. The molecule has 15 heteroatoms. The maximum Gasteiger partial charge on any atom is 0 e. The van der Waals surface area contributed by atoms with E-state index < -0.39 is 16.9 Å². The quantitative estimate of drug-likeness (QED) is 0.143. The number of hydrogen-bond acceptors (Lipinski definition) is 5. The molecule has 0 aliphatic carbocycles. The van der Waals surface area contributed by atoms with Crippen molar-refractivity contribution in [3.05, 3.63) is 0 Å². The molecule has 0 aromatic heterocycles. The van der Waals surface area contributed by atoms with Gasteiger partial charge in [-0.3, -0.25) is 0 Å². The van der Waals surface area contributed by atoms with Gasteiger partial charge in [0, 0.05) is 19.5 Å². The molecule has 88 valence electrons. The van der Waals surface area contributed by atoms with Crippen LogP contribution < -0.4 is 0 Å². The molecule has 0 atom stereocenters. The molecule has 0 aliphatic rings. The van der Waals surface area contributed by atoms with Gasteiger partial charge in [0.1, 0.15) is 0 Å². The van der Waals surface area contributed by atoms with Crippen molar-refractivity contribution < 1.29 is 63.4 Å². The van der Waals surface area contributed by atoms with Gasteiger partial charge in [-0.25, -0.2) is 4.57 Å². The molecule has 9 N–H and O–H groups in total. The van der Waals surface area contributed by atoms with Gasteiger partial charge < -0.3 is 39.3 Å². The van der Waals surface area contributed by atoms with Gasteiger partial charge in [0.2, 0.25) is 0 Å². The van der Waals surface area contributed by atoms with Gasteiger partial charge in [-0.1, -0.05) is 0 Å². The molecule has 0 aromatic rings. The Bertz CT molecular complexity index is 122. The van der Waals surface area contributed by atoms with Crippen LogP contribution in [-0.2, 0) is 24.0 Å². The molecule has 0 unspecified atom stereocenters. The zero-order valence-electron chi connectivity index (χ0n) is 5.69. The second kappa shape index (κ2) is 20.3. The van der Waals surface area contributed by atoms with E-state index in [4.69, 9.17) is 38.4 Å². The smallest absolute Gasteiger partial charge is 0 e. The molecule has 0 bridgehead atoms. The SMILES string of the molecule is O.O=P(O)(O)O.O[Si](O)(O)O.[AlH3].[CaH2].[SrH2].[Zn]. The topological polar surface area (TPSA) is 190 Å². The average molecular weight is 439 g/mol. The minimum atomic E-state index is -4.64. The van der Waals surface area contributed by atoms with E-state index in [-0.39, 0.29) is 126 Å². The first-order chi connectivity index (χ1) is 4.00. The molecule has 0 amide bonds. The van der Waals surface area contributed by atoms with E-state index in [9.17, 15) is 0 Å². The largest absolute Gasteiger partial charge is 0 e. The van der Waals surface area contributed by atoms with E-state index in [0.29, 0.717) is 0 Å². The predicted molar refractivity (Wildman–Crippen MR) is 59.5 cm³/mol. The van der Waals surface area contributed by atoms with Crippen LogP contribution in [-0.4, -0.2) is 149 Å². The van der Waals surface area contributed by atoms with E-state index in [1.807, 2.05) is 0 Å². The molecule has 0 spiro atoms. The number of hydrogen-bond donors (Lipinski definition) is 7. The molecule has 0 aliphatic heterocycles. The Labute approximate surface area is 177 Å². The Morgan fingerprint density at radius 1 is 0.933 bits per heavy atom. The standard InChI is InChI=1S/Al.Ca.H3O4P.H4O4Si.H2O.Sr.Zn.7H/c;;2*1-5(2,3)4;;;;;;;;;;/h;;(H3,1,2,3,4);1-4H;1H2;;;;;;;;;. The molecular formula is H16AlCaO9PSiSrZn. The first-order valence-electron chi connectivity index (χ1n) is 1.68. The van der Waals surface area contributed by atoms with Gasteiger partial charge in [0.05, 0.1) is 0 Å². The van der Waals surface area contributed by atoms with Gasteiger partial charge >= 0.3 is 100 Å². The Morgan fingerprint density at radius 2 is 0.933 bits per heavy atom. The maximum absolute atomic E-state index is 8.88. The first-order valence-corrected chi connectivity index (χ1v) is 5.03. The summed E-state index contributed by atoms with van der Waals surface area (Å²) in [7, 11) is -9.25. The summed E-state index contributed by atoms with van der Waals surface area (Å²) in [5.41, 5.74) is 0. The van der Waals surface area contributed by atoms with Crippen molar-refractivity contribution in [3.63, 3.8) is 0 Å².